The molecular weight excluding hydrogens is 383 g/mol. The average Bonchev–Trinajstić information content (AvgIpc) is 3.22. The first-order chi connectivity index (χ1) is 12.4. The maximum atomic E-state index is 13.8. The summed E-state index contributed by atoms with van der Waals surface area (Å²) < 4.78 is 20.8. The Labute approximate surface area is 158 Å². The molecule has 26 heavy (non-hydrogen) atoms. The Morgan fingerprint density at radius 1 is 1.62 bits per heavy atom. The van der Waals surface area contributed by atoms with Gasteiger partial charge in [-0.3, -0.25) is 9.36 Å². The third-order valence-corrected chi connectivity index (χ3v) is 5.30. The van der Waals surface area contributed by atoms with Crippen LogP contribution in [0.25, 0.3) is 0 Å². The maximum absolute atomic E-state index is 13.8. The highest BCUT2D eigenvalue weighted by molar-refractivity contribution is 8.00. The second-order valence-electron chi connectivity index (χ2n) is 5.93. The number of ether oxygens (including phenoxy) is 1. The average molecular weight is 401 g/mol. The summed E-state index contributed by atoms with van der Waals surface area (Å²) in [6, 6.07) is 4.02. The summed E-state index contributed by atoms with van der Waals surface area (Å²) in [4.78, 5) is 24.3. The number of nitrogens with zero attached hydrogens (tertiary/aromatic N) is 2. The lowest BCUT2D eigenvalue weighted by Crippen LogP contribution is -2.27. The SMILES string of the molecule is C[C@H](Sc1n[nH]c(=O)n1C[C@@H]1CCCO1)C(=O)Nc1ccc(Cl)cc1F. The molecule has 1 aromatic carbocycles. The van der Waals surface area contributed by atoms with Gasteiger partial charge in [0.15, 0.2) is 5.16 Å². The first kappa shape index (κ1) is 18.9. The molecule has 10 heteroatoms. The number of benzene rings is 1. The molecule has 1 aromatic heterocycles. The maximum Gasteiger partial charge on any atom is 0.344 e. The highest BCUT2D eigenvalue weighted by Gasteiger charge is 2.23. The molecule has 140 valence electrons. The summed E-state index contributed by atoms with van der Waals surface area (Å²) in [5.41, 5.74) is -0.301. The molecule has 0 bridgehead atoms. The molecule has 0 aliphatic carbocycles. The van der Waals surface area contributed by atoms with Crippen molar-refractivity contribution in [1.29, 1.82) is 0 Å². The lowest BCUT2D eigenvalue weighted by molar-refractivity contribution is -0.115. The summed E-state index contributed by atoms with van der Waals surface area (Å²) in [5, 5.41) is 8.93. The Morgan fingerprint density at radius 2 is 2.42 bits per heavy atom. The van der Waals surface area contributed by atoms with E-state index in [1.54, 1.807) is 6.92 Å². The van der Waals surface area contributed by atoms with E-state index < -0.39 is 17.0 Å². The van der Waals surface area contributed by atoms with E-state index in [0.717, 1.165) is 30.7 Å². The number of hydrogen-bond acceptors (Lipinski definition) is 5. The highest BCUT2D eigenvalue weighted by atomic mass is 35.5. The Balaban J connectivity index is 1.66. The number of aromatic nitrogens is 3. The fourth-order valence-electron chi connectivity index (χ4n) is 2.58. The molecule has 2 atom stereocenters. The third kappa shape index (κ3) is 4.46. The number of amides is 1. The van der Waals surface area contributed by atoms with Gasteiger partial charge in [0.2, 0.25) is 5.91 Å². The number of halogens is 2. The molecule has 1 fully saturated rings. The van der Waals surface area contributed by atoms with Crippen LogP contribution in [0, 0.1) is 5.82 Å². The number of thioether (sulfide) groups is 1. The van der Waals surface area contributed by atoms with Crippen LogP contribution in [0.2, 0.25) is 5.02 Å². The Kier molecular flexibility index (Phi) is 6.00. The van der Waals surface area contributed by atoms with Crippen LogP contribution in [0.1, 0.15) is 19.8 Å². The van der Waals surface area contributed by atoms with Gasteiger partial charge in [-0.2, -0.15) is 0 Å². The lowest BCUT2D eigenvalue weighted by Gasteiger charge is -2.14. The fourth-order valence-corrected chi connectivity index (χ4v) is 3.61. The van der Waals surface area contributed by atoms with Gasteiger partial charge in [0.25, 0.3) is 0 Å². The van der Waals surface area contributed by atoms with Crippen LogP contribution in [0.5, 0.6) is 0 Å². The molecule has 0 saturated carbocycles. The van der Waals surface area contributed by atoms with Crippen molar-refractivity contribution >= 4 is 35.0 Å². The molecule has 3 rings (SSSR count). The summed E-state index contributed by atoms with van der Waals surface area (Å²) in [6.07, 6.45) is 1.82. The summed E-state index contributed by atoms with van der Waals surface area (Å²) in [6.45, 7) is 2.73. The largest absolute Gasteiger partial charge is 0.376 e. The summed E-state index contributed by atoms with van der Waals surface area (Å²) in [5.74, 6) is -1.02. The Hall–Kier alpha value is -1.84. The van der Waals surface area contributed by atoms with Crippen LogP contribution in [-0.2, 0) is 16.1 Å². The topological polar surface area (TPSA) is 89.0 Å². The van der Waals surface area contributed by atoms with Crippen molar-refractivity contribution in [2.75, 3.05) is 11.9 Å². The van der Waals surface area contributed by atoms with Crippen molar-refractivity contribution in [2.45, 2.75) is 42.8 Å². The van der Waals surface area contributed by atoms with Crippen molar-refractivity contribution in [3.8, 4) is 0 Å². The van der Waals surface area contributed by atoms with E-state index in [9.17, 15) is 14.0 Å². The molecule has 2 N–H and O–H groups in total. The van der Waals surface area contributed by atoms with Gasteiger partial charge in [0.05, 0.1) is 23.6 Å². The van der Waals surface area contributed by atoms with E-state index in [1.165, 1.54) is 16.7 Å². The minimum Gasteiger partial charge on any atom is -0.376 e. The predicted molar refractivity (Wildman–Crippen MR) is 97.2 cm³/mol. The number of carbonyl (C=O) groups excluding carboxylic acids is 1. The van der Waals surface area contributed by atoms with Gasteiger partial charge in [-0.05, 0) is 38.0 Å². The molecule has 7 nitrogen and oxygen atoms in total. The van der Waals surface area contributed by atoms with Gasteiger partial charge in [0, 0.05) is 11.6 Å². The van der Waals surface area contributed by atoms with Gasteiger partial charge in [-0.15, -0.1) is 5.10 Å². The van der Waals surface area contributed by atoms with Crippen molar-refractivity contribution in [3.05, 3.63) is 39.5 Å². The molecular formula is C16H18ClFN4O3S. The van der Waals surface area contributed by atoms with Crippen molar-refractivity contribution in [2.24, 2.45) is 0 Å². The standard InChI is InChI=1S/C16H18ClFN4O3S/c1-9(14(23)19-13-5-4-10(17)7-12(13)18)26-16-21-20-15(24)22(16)8-11-3-2-6-25-11/h4-5,7,9,11H,2-3,6,8H2,1H3,(H,19,23)(H,20,24)/t9-,11-/m0/s1. The van der Waals surface area contributed by atoms with E-state index >= 15 is 0 Å². The first-order valence-corrected chi connectivity index (χ1v) is 9.39. The Morgan fingerprint density at radius 3 is 3.12 bits per heavy atom. The van der Waals surface area contributed by atoms with Gasteiger partial charge < -0.3 is 10.1 Å². The summed E-state index contributed by atoms with van der Waals surface area (Å²) in [7, 11) is 0. The van der Waals surface area contributed by atoms with Crippen LogP contribution in [0.15, 0.2) is 28.2 Å². The van der Waals surface area contributed by atoms with Gasteiger partial charge in [-0.1, -0.05) is 23.4 Å². The van der Waals surface area contributed by atoms with E-state index in [0.29, 0.717) is 18.3 Å². The molecule has 0 radical (unpaired) electrons. The molecule has 0 spiro atoms. The van der Waals surface area contributed by atoms with Crippen LogP contribution in [0.3, 0.4) is 0 Å². The smallest absolute Gasteiger partial charge is 0.344 e. The third-order valence-electron chi connectivity index (χ3n) is 3.97. The quantitative estimate of drug-likeness (QED) is 0.728. The van der Waals surface area contributed by atoms with Crippen molar-refractivity contribution in [3.63, 3.8) is 0 Å². The van der Waals surface area contributed by atoms with Gasteiger partial charge in [-0.25, -0.2) is 14.3 Å². The van der Waals surface area contributed by atoms with Crippen LogP contribution >= 0.6 is 23.4 Å². The number of carbonyl (C=O) groups is 1. The van der Waals surface area contributed by atoms with Gasteiger partial charge in [0.1, 0.15) is 5.82 Å². The Bertz CT molecular complexity index is 850. The number of rotatable bonds is 6. The zero-order valence-electron chi connectivity index (χ0n) is 14.0. The van der Waals surface area contributed by atoms with E-state index in [1.807, 2.05) is 0 Å². The van der Waals surface area contributed by atoms with E-state index in [-0.39, 0.29) is 22.5 Å². The number of H-pyrrole nitrogens is 1. The number of nitrogens with one attached hydrogen (secondary N) is 2. The molecule has 1 saturated heterocycles. The minimum atomic E-state index is -0.613. The monoisotopic (exact) mass is 400 g/mol. The van der Waals surface area contributed by atoms with E-state index in [4.69, 9.17) is 16.3 Å². The fraction of sp³-hybridized carbons (Fsp3) is 0.438. The molecule has 0 unspecified atom stereocenters. The number of anilines is 1. The zero-order valence-corrected chi connectivity index (χ0v) is 15.6. The molecule has 1 aliphatic rings. The molecule has 1 amide bonds. The van der Waals surface area contributed by atoms with Crippen LogP contribution < -0.4 is 11.0 Å². The number of aromatic amines is 1. The van der Waals surface area contributed by atoms with E-state index in [2.05, 4.69) is 15.5 Å². The number of hydrogen-bond donors (Lipinski definition) is 2. The van der Waals surface area contributed by atoms with Crippen molar-refractivity contribution < 1.29 is 13.9 Å². The molecule has 1 aliphatic heterocycles. The van der Waals surface area contributed by atoms with Crippen molar-refractivity contribution in [1.82, 2.24) is 14.8 Å². The second kappa shape index (κ2) is 8.24. The van der Waals surface area contributed by atoms with Crippen LogP contribution in [-0.4, -0.2) is 38.6 Å². The zero-order chi connectivity index (χ0) is 18.7. The molecule has 2 heterocycles. The highest BCUT2D eigenvalue weighted by Crippen LogP contribution is 2.24. The first-order valence-electron chi connectivity index (χ1n) is 8.13. The normalized spacial score (nSPS) is 18.0. The second-order valence-corrected chi connectivity index (χ2v) is 7.67. The molecule has 2 aromatic rings. The van der Waals surface area contributed by atoms with Gasteiger partial charge >= 0.3 is 5.69 Å². The predicted octanol–water partition coefficient (Wildman–Crippen LogP) is 2.66. The minimum absolute atomic E-state index is 0.0306. The van der Waals surface area contributed by atoms with Crippen LogP contribution in [0.4, 0.5) is 10.1 Å². The lowest BCUT2D eigenvalue weighted by atomic mass is 10.2. The summed E-state index contributed by atoms with van der Waals surface area (Å²) >= 11 is 6.82.